The Bertz CT molecular complexity index is 572. The molecule has 0 aliphatic heterocycles. The molecule has 0 bridgehead atoms. The van der Waals surface area contributed by atoms with Crippen molar-refractivity contribution in [2.45, 2.75) is 12.1 Å². The Morgan fingerprint density at radius 2 is 2.37 bits per heavy atom. The predicted molar refractivity (Wildman–Crippen MR) is 70.9 cm³/mol. The summed E-state index contributed by atoms with van der Waals surface area (Å²) in [7, 11) is 0. The average Bonchev–Trinajstić information content (AvgIpc) is 2.84. The van der Waals surface area contributed by atoms with Gasteiger partial charge in [-0.2, -0.15) is 0 Å². The quantitative estimate of drug-likeness (QED) is 0.493. The summed E-state index contributed by atoms with van der Waals surface area (Å²) in [5.41, 5.74) is 5.54. The number of carbonyl (C=O) groups is 1. The maximum absolute atomic E-state index is 11.2. The number of hydrogen-bond acceptors (Lipinski definition) is 7. The fourth-order valence-electron chi connectivity index (χ4n) is 1.32. The minimum atomic E-state index is -0.287. The summed E-state index contributed by atoms with van der Waals surface area (Å²) < 4.78 is 6.38. The fraction of sp³-hybridized carbons (Fsp3) is 0.273. The number of ether oxygens (including phenoxy) is 1. The van der Waals surface area contributed by atoms with Crippen molar-refractivity contribution in [1.82, 2.24) is 19.7 Å². The van der Waals surface area contributed by atoms with Gasteiger partial charge in [-0.1, -0.05) is 11.8 Å². The summed E-state index contributed by atoms with van der Waals surface area (Å²) >= 11 is 1.21. The van der Waals surface area contributed by atoms with Crippen molar-refractivity contribution < 1.29 is 9.53 Å². The van der Waals surface area contributed by atoms with Gasteiger partial charge in [-0.15, -0.1) is 5.10 Å². The first-order valence-corrected chi connectivity index (χ1v) is 6.60. The van der Waals surface area contributed by atoms with Crippen LogP contribution in [0, 0.1) is 0 Å². The topological polar surface area (TPSA) is 95.9 Å². The van der Waals surface area contributed by atoms with E-state index in [4.69, 9.17) is 10.5 Å². The summed E-state index contributed by atoms with van der Waals surface area (Å²) in [5, 5.41) is 4.54. The van der Waals surface area contributed by atoms with Crippen LogP contribution in [0.25, 0.3) is 5.82 Å². The van der Waals surface area contributed by atoms with Gasteiger partial charge in [0.25, 0.3) is 0 Å². The average molecular weight is 279 g/mol. The lowest BCUT2D eigenvalue weighted by Gasteiger charge is -2.03. The Morgan fingerprint density at radius 3 is 3.05 bits per heavy atom. The van der Waals surface area contributed by atoms with Crippen molar-refractivity contribution in [2.24, 2.45) is 0 Å². The molecular weight excluding hydrogens is 266 g/mol. The van der Waals surface area contributed by atoms with Gasteiger partial charge in [0.15, 0.2) is 11.0 Å². The zero-order valence-corrected chi connectivity index (χ0v) is 11.1. The van der Waals surface area contributed by atoms with Crippen LogP contribution in [0.1, 0.15) is 6.92 Å². The van der Waals surface area contributed by atoms with Crippen LogP contribution in [0.3, 0.4) is 0 Å². The highest BCUT2D eigenvalue weighted by molar-refractivity contribution is 7.99. The molecule has 0 unspecified atom stereocenters. The molecule has 0 aromatic carbocycles. The Kier molecular flexibility index (Phi) is 4.35. The van der Waals surface area contributed by atoms with Crippen LogP contribution in [-0.2, 0) is 9.53 Å². The molecule has 19 heavy (non-hydrogen) atoms. The molecular formula is C11H13N5O2S. The van der Waals surface area contributed by atoms with Crippen LogP contribution in [0.15, 0.2) is 29.7 Å². The molecule has 0 aliphatic rings. The highest BCUT2D eigenvalue weighted by Gasteiger charge is 2.07. The van der Waals surface area contributed by atoms with Crippen LogP contribution < -0.4 is 5.73 Å². The Labute approximate surface area is 114 Å². The molecule has 0 radical (unpaired) electrons. The van der Waals surface area contributed by atoms with Crippen LogP contribution in [0.5, 0.6) is 0 Å². The van der Waals surface area contributed by atoms with Gasteiger partial charge in [0.05, 0.1) is 12.4 Å². The van der Waals surface area contributed by atoms with Gasteiger partial charge in [0.1, 0.15) is 5.82 Å². The number of carbonyl (C=O) groups excluding carboxylic acids is 1. The number of hydrogen-bond donors (Lipinski definition) is 1. The third-order valence-electron chi connectivity index (χ3n) is 2.09. The molecule has 0 amide bonds. The van der Waals surface area contributed by atoms with Crippen molar-refractivity contribution in [3.05, 3.63) is 24.5 Å². The molecule has 0 fully saturated rings. The molecule has 0 saturated heterocycles. The maximum atomic E-state index is 11.2. The van der Waals surface area contributed by atoms with Crippen LogP contribution in [0.2, 0.25) is 0 Å². The van der Waals surface area contributed by atoms with E-state index >= 15 is 0 Å². The predicted octanol–water partition coefficient (Wildman–Crippen LogP) is 0.900. The molecule has 2 aromatic heterocycles. The largest absolute Gasteiger partial charge is 0.465 e. The molecule has 2 heterocycles. The van der Waals surface area contributed by atoms with E-state index < -0.39 is 0 Å². The second kappa shape index (κ2) is 6.19. The number of anilines is 1. The van der Waals surface area contributed by atoms with Crippen molar-refractivity contribution >= 4 is 23.5 Å². The normalized spacial score (nSPS) is 10.4. The number of nitrogens with zero attached hydrogens (tertiary/aromatic N) is 4. The zero-order chi connectivity index (χ0) is 13.7. The molecule has 7 nitrogen and oxygen atoms in total. The number of nitrogen functional groups attached to an aromatic ring is 1. The number of aromatic nitrogens is 4. The molecule has 2 rings (SSSR count). The summed E-state index contributed by atoms with van der Waals surface area (Å²) in [6.07, 6.45) is 3.31. The Hall–Kier alpha value is -2.09. The third-order valence-corrected chi connectivity index (χ3v) is 2.92. The first-order valence-electron chi connectivity index (χ1n) is 5.62. The van der Waals surface area contributed by atoms with Crippen molar-refractivity contribution in [2.75, 3.05) is 18.1 Å². The Balaban J connectivity index is 2.05. The fourth-order valence-corrected chi connectivity index (χ4v) is 1.94. The van der Waals surface area contributed by atoms with E-state index in [1.54, 1.807) is 36.1 Å². The minimum Gasteiger partial charge on any atom is -0.465 e. The maximum Gasteiger partial charge on any atom is 0.316 e. The number of thioether (sulfide) groups is 1. The lowest BCUT2D eigenvalue weighted by molar-refractivity contribution is -0.139. The molecule has 0 aliphatic carbocycles. The van der Waals surface area contributed by atoms with Crippen LogP contribution >= 0.6 is 11.8 Å². The number of esters is 1. The lowest BCUT2D eigenvalue weighted by atomic mass is 10.6. The van der Waals surface area contributed by atoms with E-state index in [0.717, 1.165) is 0 Å². The van der Waals surface area contributed by atoms with Crippen LogP contribution in [-0.4, -0.2) is 38.1 Å². The minimum absolute atomic E-state index is 0.179. The van der Waals surface area contributed by atoms with E-state index in [0.29, 0.717) is 23.4 Å². The van der Waals surface area contributed by atoms with Gasteiger partial charge in [-0.25, -0.2) is 14.6 Å². The highest BCUT2D eigenvalue weighted by atomic mass is 32.2. The monoisotopic (exact) mass is 279 g/mol. The van der Waals surface area contributed by atoms with E-state index in [1.165, 1.54) is 11.8 Å². The summed E-state index contributed by atoms with van der Waals surface area (Å²) in [5.74, 6) is 0.903. The first-order chi connectivity index (χ1) is 9.19. The van der Waals surface area contributed by atoms with Gasteiger partial charge >= 0.3 is 5.97 Å². The van der Waals surface area contributed by atoms with Crippen molar-refractivity contribution in [3.8, 4) is 5.82 Å². The highest BCUT2D eigenvalue weighted by Crippen LogP contribution is 2.14. The second-order valence-corrected chi connectivity index (χ2v) is 4.42. The van der Waals surface area contributed by atoms with Gasteiger partial charge < -0.3 is 10.5 Å². The summed E-state index contributed by atoms with van der Waals surface area (Å²) in [6, 6.07) is 3.38. The first kappa shape index (κ1) is 13.3. The van der Waals surface area contributed by atoms with Gasteiger partial charge in [0, 0.05) is 24.5 Å². The molecule has 0 saturated carbocycles. The smallest absolute Gasteiger partial charge is 0.316 e. The molecule has 2 N–H and O–H groups in total. The molecule has 100 valence electrons. The van der Waals surface area contributed by atoms with Crippen molar-refractivity contribution in [3.63, 3.8) is 0 Å². The molecule has 0 atom stereocenters. The SMILES string of the molecule is CCOC(=O)CSc1nccc(-n2ccc(N)n2)n1. The zero-order valence-electron chi connectivity index (χ0n) is 10.3. The second-order valence-electron chi connectivity index (χ2n) is 3.48. The van der Waals surface area contributed by atoms with E-state index in [1.807, 2.05) is 0 Å². The number of rotatable bonds is 5. The molecule has 8 heteroatoms. The standard InChI is InChI=1S/C11H13N5O2S/c1-2-18-10(17)7-19-11-13-5-3-9(14-11)16-6-4-8(12)15-16/h3-6H,2,7H2,1H3,(H2,12,15). The lowest BCUT2D eigenvalue weighted by Crippen LogP contribution is -2.07. The van der Waals surface area contributed by atoms with Gasteiger partial charge in [-0.3, -0.25) is 4.79 Å². The van der Waals surface area contributed by atoms with Crippen LogP contribution in [0.4, 0.5) is 5.82 Å². The number of nitrogens with two attached hydrogens (primary N) is 1. The third kappa shape index (κ3) is 3.68. The van der Waals surface area contributed by atoms with Crippen molar-refractivity contribution in [1.29, 1.82) is 0 Å². The summed E-state index contributed by atoms with van der Waals surface area (Å²) in [4.78, 5) is 19.6. The Morgan fingerprint density at radius 1 is 1.53 bits per heavy atom. The summed E-state index contributed by atoms with van der Waals surface area (Å²) in [6.45, 7) is 2.13. The van der Waals surface area contributed by atoms with Gasteiger partial charge in [-0.05, 0) is 6.92 Å². The molecule has 2 aromatic rings. The van der Waals surface area contributed by atoms with E-state index in [2.05, 4.69) is 15.1 Å². The van der Waals surface area contributed by atoms with E-state index in [9.17, 15) is 4.79 Å². The van der Waals surface area contributed by atoms with Gasteiger partial charge in [0.2, 0.25) is 0 Å². The van der Waals surface area contributed by atoms with E-state index in [-0.39, 0.29) is 11.7 Å². The molecule has 0 spiro atoms.